The molecule has 0 unspecified atom stereocenters. The second kappa shape index (κ2) is 6.93. The number of hydrogen-bond acceptors (Lipinski definition) is 5. The Balaban J connectivity index is 1.39. The number of rotatable bonds is 4. The van der Waals surface area contributed by atoms with Gasteiger partial charge in [-0.25, -0.2) is 0 Å². The standard InChI is InChI=1S/C20H24N2O4S/c1-11-5-3-7-13-15(11)19(25)21(17(13)23)9-27-10-22-18(24)14-8-4-6-12(2)16(14)20(22)26/h11-12H,3-10H2,1-2H3/t11-,12-/m0/s1. The fourth-order valence-electron chi connectivity index (χ4n) is 4.71. The lowest BCUT2D eigenvalue weighted by molar-refractivity contribution is -0.137. The quantitative estimate of drug-likeness (QED) is 0.692. The van der Waals surface area contributed by atoms with Crippen molar-refractivity contribution in [3.8, 4) is 0 Å². The summed E-state index contributed by atoms with van der Waals surface area (Å²) in [6, 6.07) is 0. The highest BCUT2D eigenvalue weighted by molar-refractivity contribution is 7.99. The number of thioether (sulfide) groups is 1. The largest absolute Gasteiger partial charge is 0.269 e. The van der Waals surface area contributed by atoms with E-state index in [2.05, 4.69) is 0 Å². The third-order valence-electron chi connectivity index (χ3n) is 6.16. The van der Waals surface area contributed by atoms with Crippen LogP contribution in [0.5, 0.6) is 0 Å². The topological polar surface area (TPSA) is 74.8 Å². The van der Waals surface area contributed by atoms with Crippen molar-refractivity contribution in [2.45, 2.75) is 52.4 Å². The van der Waals surface area contributed by atoms with E-state index in [4.69, 9.17) is 0 Å². The van der Waals surface area contributed by atoms with Crippen LogP contribution in [-0.4, -0.2) is 45.2 Å². The molecule has 4 rings (SSSR count). The average Bonchev–Trinajstić information content (AvgIpc) is 3.03. The van der Waals surface area contributed by atoms with Gasteiger partial charge in [-0.05, 0) is 50.4 Å². The molecule has 2 heterocycles. The third kappa shape index (κ3) is 2.87. The van der Waals surface area contributed by atoms with Crippen LogP contribution >= 0.6 is 11.8 Å². The van der Waals surface area contributed by atoms with Gasteiger partial charge in [0.2, 0.25) is 0 Å². The van der Waals surface area contributed by atoms with Crippen LogP contribution in [0.2, 0.25) is 0 Å². The Morgan fingerprint density at radius 2 is 1.15 bits per heavy atom. The fraction of sp³-hybridized carbons (Fsp3) is 0.600. The van der Waals surface area contributed by atoms with Crippen LogP contribution in [-0.2, 0) is 19.2 Å². The normalized spacial score (nSPS) is 28.5. The van der Waals surface area contributed by atoms with E-state index in [-0.39, 0.29) is 47.2 Å². The smallest absolute Gasteiger partial charge is 0.258 e. The van der Waals surface area contributed by atoms with Gasteiger partial charge in [-0.2, -0.15) is 0 Å². The molecule has 2 aliphatic heterocycles. The molecular weight excluding hydrogens is 364 g/mol. The van der Waals surface area contributed by atoms with Crippen molar-refractivity contribution in [2.24, 2.45) is 11.8 Å². The SMILES string of the molecule is C[C@H]1CCCC2=C1C(=O)N(CSCN1C(=O)C3=C(C1=O)[C@@H](C)CCC3)C2=O. The maximum absolute atomic E-state index is 12.6. The molecule has 4 amide bonds. The minimum atomic E-state index is -0.195. The lowest BCUT2D eigenvalue weighted by Gasteiger charge is -2.19. The molecule has 0 saturated carbocycles. The summed E-state index contributed by atoms with van der Waals surface area (Å²) in [7, 11) is 0. The van der Waals surface area contributed by atoms with Crippen LogP contribution in [0.1, 0.15) is 52.4 Å². The number of nitrogens with zero attached hydrogens (tertiary/aromatic N) is 2. The van der Waals surface area contributed by atoms with Gasteiger partial charge in [0.25, 0.3) is 23.6 Å². The molecule has 0 saturated heterocycles. The first-order valence-corrected chi connectivity index (χ1v) is 10.8. The predicted molar refractivity (Wildman–Crippen MR) is 101 cm³/mol. The second-order valence-electron chi connectivity index (χ2n) is 7.91. The lowest BCUT2D eigenvalue weighted by Crippen LogP contribution is -2.35. The molecular formula is C20H24N2O4S. The highest BCUT2D eigenvalue weighted by Crippen LogP contribution is 2.39. The summed E-state index contributed by atoms with van der Waals surface area (Å²) in [6.07, 6.45) is 5.08. The Hall–Kier alpha value is -1.89. The van der Waals surface area contributed by atoms with E-state index in [1.807, 2.05) is 13.8 Å². The maximum atomic E-state index is 12.6. The van der Waals surface area contributed by atoms with Crippen LogP contribution in [0.4, 0.5) is 0 Å². The van der Waals surface area contributed by atoms with Gasteiger partial charge >= 0.3 is 0 Å². The van der Waals surface area contributed by atoms with Gasteiger partial charge in [0.05, 0.1) is 11.8 Å². The van der Waals surface area contributed by atoms with Crippen molar-refractivity contribution in [3.05, 3.63) is 22.3 Å². The van der Waals surface area contributed by atoms with Gasteiger partial charge < -0.3 is 0 Å². The Kier molecular flexibility index (Phi) is 4.74. The first kappa shape index (κ1) is 18.5. The Labute approximate surface area is 163 Å². The molecule has 2 aliphatic carbocycles. The molecule has 144 valence electrons. The predicted octanol–water partition coefficient (Wildman–Crippen LogP) is 2.61. The van der Waals surface area contributed by atoms with E-state index in [0.29, 0.717) is 35.1 Å². The van der Waals surface area contributed by atoms with Crippen LogP contribution < -0.4 is 0 Å². The van der Waals surface area contributed by atoms with Crippen LogP contribution in [0, 0.1) is 11.8 Å². The molecule has 0 radical (unpaired) electrons. The fourth-order valence-corrected chi connectivity index (χ4v) is 5.62. The van der Waals surface area contributed by atoms with Gasteiger partial charge in [0.1, 0.15) is 0 Å². The number of amides is 4. The zero-order valence-electron chi connectivity index (χ0n) is 15.7. The molecule has 6 nitrogen and oxygen atoms in total. The van der Waals surface area contributed by atoms with Crippen molar-refractivity contribution in [2.75, 3.05) is 11.8 Å². The summed E-state index contributed by atoms with van der Waals surface area (Å²) in [5, 5.41) is 0. The van der Waals surface area contributed by atoms with Gasteiger partial charge in [-0.15, -0.1) is 11.8 Å². The van der Waals surface area contributed by atoms with Gasteiger partial charge in [-0.1, -0.05) is 13.8 Å². The van der Waals surface area contributed by atoms with E-state index in [0.717, 1.165) is 25.7 Å². The lowest BCUT2D eigenvalue weighted by atomic mass is 9.85. The molecule has 0 aromatic carbocycles. The molecule has 2 atom stereocenters. The number of carbonyl (C=O) groups excluding carboxylic acids is 4. The zero-order chi connectivity index (χ0) is 19.3. The zero-order valence-corrected chi connectivity index (χ0v) is 16.6. The molecule has 27 heavy (non-hydrogen) atoms. The number of hydrogen-bond donors (Lipinski definition) is 0. The second-order valence-corrected chi connectivity index (χ2v) is 8.83. The first-order valence-electron chi connectivity index (χ1n) is 9.68. The van der Waals surface area contributed by atoms with Gasteiger partial charge in [0.15, 0.2) is 0 Å². The van der Waals surface area contributed by atoms with Crippen LogP contribution in [0.15, 0.2) is 22.3 Å². The van der Waals surface area contributed by atoms with Crippen molar-refractivity contribution in [1.82, 2.24) is 9.80 Å². The van der Waals surface area contributed by atoms with Crippen LogP contribution in [0.3, 0.4) is 0 Å². The highest BCUT2D eigenvalue weighted by atomic mass is 32.2. The van der Waals surface area contributed by atoms with E-state index in [1.54, 1.807) is 0 Å². The summed E-state index contributed by atoms with van der Waals surface area (Å²) >= 11 is 1.27. The van der Waals surface area contributed by atoms with Crippen molar-refractivity contribution in [3.63, 3.8) is 0 Å². The summed E-state index contributed by atoms with van der Waals surface area (Å²) in [5.74, 6) is -0.180. The van der Waals surface area contributed by atoms with E-state index >= 15 is 0 Å². The Bertz CT molecular complexity index is 747. The third-order valence-corrected chi connectivity index (χ3v) is 7.04. The molecule has 0 bridgehead atoms. The average molecular weight is 388 g/mol. The summed E-state index contributed by atoms with van der Waals surface area (Å²) in [6.45, 7) is 3.99. The molecule has 0 N–H and O–H groups in total. The summed E-state index contributed by atoms with van der Waals surface area (Å²) in [5.41, 5.74) is 2.68. The Morgan fingerprint density at radius 3 is 1.52 bits per heavy atom. The van der Waals surface area contributed by atoms with Crippen molar-refractivity contribution in [1.29, 1.82) is 0 Å². The minimum absolute atomic E-state index is 0.124. The van der Waals surface area contributed by atoms with Crippen molar-refractivity contribution >= 4 is 35.4 Å². The molecule has 0 fully saturated rings. The van der Waals surface area contributed by atoms with Crippen LogP contribution in [0.25, 0.3) is 0 Å². The highest BCUT2D eigenvalue weighted by Gasteiger charge is 2.43. The number of carbonyl (C=O) groups is 4. The molecule has 4 aliphatic rings. The van der Waals surface area contributed by atoms with E-state index in [1.165, 1.54) is 21.6 Å². The summed E-state index contributed by atoms with van der Waals surface area (Å²) in [4.78, 5) is 53.0. The summed E-state index contributed by atoms with van der Waals surface area (Å²) < 4.78 is 0. The van der Waals surface area contributed by atoms with Gasteiger partial charge in [0, 0.05) is 22.3 Å². The monoisotopic (exact) mass is 388 g/mol. The van der Waals surface area contributed by atoms with E-state index in [9.17, 15) is 19.2 Å². The van der Waals surface area contributed by atoms with Crippen molar-refractivity contribution < 1.29 is 19.2 Å². The molecule has 7 heteroatoms. The Morgan fingerprint density at radius 1 is 0.741 bits per heavy atom. The minimum Gasteiger partial charge on any atom is -0.269 e. The van der Waals surface area contributed by atoms with E-state index < -0.39 is 0 Å². The number of imide groups is 2. The maximum Gasteiger partial charge on any atom is 0.258 e. The molecule has 0 aromatic heterocycles. The molecule has 0 aromatic rings. The first-order chi connectivity index (χ1) is 12.9. The van der Waals surface area contributed by atoms with Gasteiger partial charge in [-0.3, -0.25) is 29.0 Å². The molecule has 0 spiro atoms.